The molecule has 144 valence electrons. The largest absolute Gasteiger partial charge is 0.493 e. The molecule has 0 saturated heterocycles. The quantitative estimate of drug-likeness (QED) is 0.544. The molecule has 0 aromatic heterocycles. The molecule has 3 aromatic rings. The highest BCUT2D eigenvalue weighted by molar-refractivity contribution is 6.33. The minimum absolute atomic E-state index is 0.0536. The lowest BCUT2D eigenvalue weighted by Crippen LogP contribution is -2.06. The molecule has 2 N–H and O–H groups in total. The molecule has 0 unspecified atom stereocenters. The van der Waals surface area contributed by atoms with E-state index in [9.17, 15) is 9.90 Å². The Kier molecular flexibility index (Phi) is 6.40. The van der Waals surface area contributed by atoms with Crippen LogP contribution in [0.1, 0.15) is 21.5 Å². The van der Waals surface area contributed by atoms with Gasteiger partial charge in [0.2, 0.25) is 0 Å². The summed E-state index contributed by atoms with van der Waals surface area (Å²) in [6.45, 7) is 0.848. The van der Waals surface area contributed by atoms with E-state index in [2.05, 4.69) is 5.32 Å². The zero-order chi connectivity index (χ0) is 19.9. The van der Waals surface area contributed by atoms with Gasteiger partial charge >= 0.3 is 5.97 Å². The molecular weight excluding hydrogens is 378 g/mol. The topological polar surface area (TPSA) is 67.8 Å². The molecule has 0 saturated carbocycles. The highest BCUT2D eigenvalue weighted by atomic mass is 35.5. The number of carbonyl (C=O) groups is 1. The van der Waals surface area contributed by atoms with Crippen molar-refractivity contribution in [3.8, 4) is 11.5 Å². The van der Waals surface area contributed by atoms with Crippen LogP contribution in [0.4, 0.5) is 5.69 Å². The van der Waals surface area contributed by atoms with E-state index >= 15 is 0 Å². The number of hydrogen-bond acceptors (Lipinski definition) is 4. The Balaban J connectivity index is 1.78. The lowest BCUT2D eigenvalue weighted by Gasteiger charge is -2.16. The SMILES string of the molecule is COc1cccc(CNc2ccc(Cl)c(C(=O)O)c2)c1OCc1ccccc1. The molecule has 0 atom stereocenters. The Morgan fingerprint density at radius 3 is 2.57 bits per heavy atom. The second kappa shape index (κ2) is 9.15. The fourth-order valence-electron chi connectivity index (χ4n) is 2.75. The van der Waals surface area contributed by atoms with Crippen molar-refractivity contribution in [1.29, 1.82) is 0 Å². The zero-order valence-corrected chi connectivity index (χ0v) is 16.1. The summed E-state index contributed by atoms with van der Waals surface area (Å²) in [4.78, 5) is 11.3. The second-order valence-electron chi connectivity index (χ2n) is 6.08. The normalized spacial score (nSPS) is 10.4. The first-order chi connectivity index (χ1) is 13.6. The monoisotopic (exact) mass is 397 g/mol. The van der Waals surface area contributed by atoms with Crippen molar-refractivity contribution in [2.75, 3.05) is 12.4 Å². The Hall–Kier alpha value is -3.18. The summed E-state index contributed by atoms with van der Waals surface area (Å²) in [5, 5.41) is 12.6. The van der Waals surface area contributed by atoms with E-state index in [0.29, 0.717) is 30.3 Å². The van der Waals surface area contributed by atoms with Gasteiger partial charge in [-0.25, -0.2) is 4.79 Å². The van der Waals surface area contributed by atoms with Gasteiger partial charge in [-0.3, -0.25) is 0 Å². The van der Waals surface area contributed by atoms with Crippen LogP contribution >= 0.6 is 11.6 Å². The molecule has 0 spiro atoms. The highest BCUT2D eigenvalue weighted by Gasteiger charge is 2.13. The molecule has 3 rings (SSSR count). The number of aromatic carboxylic acids is 1. The van der Waals surface area contributed by atoms with Crippen molar-refractivity contribution in [3.05, 3.63) is 88.4 Å². The molecule has 5 nitrogen and oxygen atoms in total. The van der Waals surface area contributed by atoms with E-state index in [1.807, 2.05) is 48.5 Å². The fourth-order valence-corrected chi connectivity index (χ4v) is 2.95. The highest BCUT2D eigenvalue weighted by Crippen LogP contribution is 2.32. The summed E-state index contributed by atoms with van der Waals surface area (Å²) in [6.07, 6.45) is 0. The van der Waals surface area contributed by atoms with Crippen molar-refractivity contribution in [2.45, 2.75) is 13.2 Å². The molecule has 0 heterocycles. The van der Waals surface area contributed by atoms with E-state index in [4.69, 9.17) is 21.1 Å². The zero-order valence-electron chi connectivity index (χ0n) is 15.3. The van der Waals surface area contributed by atoms with E-state index in [1.165, 1.54) is 6.07 Å². The first-order valence-electron chi connectivity index (χ1n) is 8.68. The molecule has 3 aromatic carbocycles. The Labute approximate surface area is 168 Å². The Morgan fingerprint density at radius 2 is 1.86 bits per heavy atom. The number of benzene rings is 3. The standard InChI is InChI=1S/C22H20ClNO4/c1-27-20-9-5-8-16(21(20)28-14-15-6-3-2-4-7-15)13-24-17-10-11-19(23)18(12-17)22(25)26/h2-12,24H,13-14H2,1H3,(H,25,26). The number of hydrogen-bond donors (Lipinski definition) is 2. The number of para-hydroxylation sites is 1. The first-order valence-corrected chi connectivity index (χ1v) is 9.05. The van der Waals surface area contributed by atoms with Gasteiger partial charge in [0.15, 0.2) is 11.5 Å². The maximum Gasteiger partial charge on any atom is 0.337 e. The molecule has 0 aliphatic carbocycles. The first kappa shape index (κ1) is 19.6. The predicted octanol–water partition coefficient (Wildman–Crippen LogP) is 5.24. The van der Waals surface area contributed by atoms with Gasteiger partial charge in [-0.05, 0) is 29.8 Å². The molecule has 0 amide bonds. The molecule has 0 radical (unpaired) electrons. The maximum atomic E-state index is 11.3. The predicted molar refractivity (Wildman–Crippen MR) is 110 cm³/mol. The van der Waals surface area contributed by atoms with Crippen LogP contribution in [0, 0.1) is 0 Å². The van der Waals surface area contributed by atoms with Crippen molar-refractivity contribution < 1.29 is 19.4 Å². The summed E-state index contributed by atoms with van der Waals surface area (Å²) in [6, 6.07) is 20.3. The summed E-state index contributed by atoms with van der Waals surface area (Å²) >= 11 is 5.93. The number of rotatable bonds is 8. The Bertz CT molecular complexity index is 960. The summed E-state index contributed by atoms with van der Waals surface area (Å²) in [5.74, 6) is 0.216. The van der Waals surface area contributed by atoms with Crippen LogP contribution in [0.5, 0.6) is 11.5 Å². The third-order valence-corrected chi connectivity index (χ3v) is 4.52. The fraction of sp³-hybridized carbons (Fsp3) is 0.136. The van der Waals surface area contributed by atoms with Gasteiger partial charge in [0.25, 0.3) is 0 Å². The third-order valence-electron chi connectivity index (χ3n) is 4.19. The average molecular weight is 398 g/mol. The number of ether oxygens (including phenoxy) is 2. The minimum Gasteiger partial charge on any atom is -0.493 e. The molecule has 0 fully saturated rings. The Morgan fingerprint density at radius 1 is 1.07 bits per heavy atom. The lowest BCUT2D eigenvalue weighted by atomic mass is 10.1. The molecule has 0 aliphatic heterocycles. The van der Waals surface area contributed by atoms with Crippen molar-refractivity contribution in [1.82, 2.24) is 0 Å². The van der Waals surface area contributed by atoms with E-state index in [0.717, 1.165) is 11.1 Å². The number of carboxylic acid groups (broad SMARTS) is 1. The van der Waals surface area contributed by atoms with Crippen molar-refractivity contribution in [3.63, 3.8) is 0 Å². The number of nitrogens with one attached hydrogen (secondary N) is 1. The number of carboxylic acids is 1. The molecule has 0 bridgehead atoms. The van der Waals surface area contributed by atoms with Crippen molar-refractivity contribution in [2.24, 2.45) is 0 Å². The summed E-state index contributed by atoms with van der Waals surface area (Å²) in [7, 11) is 1.60. The number of anilines is 1. The van der Waals surface area contributed by atoms with Crippen LogP contribution in [-0.2, 0) is 13.2 Å². The van der Waals surface area contributed by atoms with E-state index in [-0.39, 0.29) is 10.6 Å². The van der Waals surface area contributed by atoms with Crippen LogP contribution in [0.25, 0.3) is 0 Å². The van der Waals surface area contributed by atoms with Gasteiger partial charge in [-0.2, -0.15) is 0 Å². The van der Waals surface area contributed by atoms with E-state index < -0.39 is 5.97 Å². The van der Waals surface area contributed by atoms with Gasteiger partial charge in [-0.1, -0.05) is 54.1 Å². The second-order valence-corrected chi connectivity index (χ2v) is 6.48. The smallest absolute Gasteiger partial charge is 0.337 e. The van der Waals surface area contributed by atoms with Crippen LogP contribution in [0.15, 0.2) is 66.7 Å². The molecule has 6 heteroatoms. The molecule has 28 heavy (non-hydrogen) atoms. The van der Waals surface area contributed by atoms with Crippen LogP contribution in [-0.4, -0.2) is 18.2 Å². The van der Waals surface area contributed by atoms with Gasteiger partial charge in [0, 0.05) is 17.8 Å². The summed E-state index contributed by atoms with van der Waals surface area (Å²) < 4.78 is 11.5. The van der Waals surface area contributed by atoms with Crippen LogP contribution in [0.2, 0.25) is 5.02 Å². The molecule has 0 aliphatic rings. The third kappa shape index (κ3) is 4.75. The lowest BCUT2D eigenvalue weighted by molar-refractivity contribution is 0.0697. The number of methoxy groups -OCH3 is 1. The van der Waals surface area contributed by atoms with Gasteiger partial charge in [0.05, 0.1) is 17.7 Å². The van der Waals surface area contributed by atoms with E-state index in [1.54, 1.807) is 19.2 Å². The van der Waals surface area contributed by atoms with Crippen LogP contribution in [0.3, 0.4) is 0 Å². The minimum atomic E-state index is -1.07. The van der Waals surface area contributed by atoms with Crippen LogP contribution < -0.4 is 14.8 Å². The van der Waals surface area contributed by atoms with Gasteiger partial charge in [0.1, 0.15) is 6.61 Å². The number of halogens is 1. The van der Waals surface area contributed by atoms with Crippen molar-refractivity contribution >= 4 is 23.3 Å². The maximum absolute atomic E-state index is 11.3. The molecular formula is C22H20ClNO4. The average Bonchev–Trinajstić information content (AvgIpc) is 2.72. The van der Waals surface area contributed by atoms with Gasteiger partial charge in [-0.15, -0.1) is 0 Å². The van der Waals surface area contributed by atoms with Gasteiger partial charge < -0.3 is 19.9 Å². The summed E-state index contributed by atoms with van der Waals surface area (Å²) in [5.41, 5.74) is 2.65.